The molecule has 2 atom stereocenters. The number of aliphatic hydroxyl groups excluding tert-OH is 1. The molecule has 2 unspecified atom stereocenters. The van der Waals surface area contributed by atoms with E-state index in [2.05, 4.69) is 42.8 Å². The van der Waals surface area contributed by atoms with Gasteiger partial charge in [0.25, 0.3) is 0 Å². The Kier molecular flexibility index (Phi) is 4.41. The molecule has 1 fully saturated rings. The van der Waals surface area contributed by atoms with E-state index in [1.165, 1.54) is 18.5 Å². The standard InChI is InChI=1S/C16H21NO/c1-13-10-16(13)12-17(2)11-15-7-5-14(6-8-15)4-3-9-18/h5-8,13,16,18H,9-12H2,1-2H3. The van der Waals surface area contributed by atoms with Gasteiger partial charge in [-0.25, -0.2) is 0 Å². The van der Waals surface area contributed by atoms with Crippen LogP contribution in [0.4, 0.5) is 0 Å². The van der Waals surface area contributed by atoms with Crippen molar-refractivity contribution in [1.29, 1.82) is 0 Å². The minimum atomic E-state index is -0.0793. The van der Waals surface area contributed by atoms with Crippen LogP contribution in [0.25, 0.3) is 0 Å². The molecule has 1 aliphatic rings. The SMILES string of the molecule is CC1CC1CN(C)Cc1ccc(C#CCO)cc1. The summed E-state index contributed by atoms with van der Waals surface area (Å²) in [6, 6.07) is 8.28. The van der Waals surface area contributed by atoms with E-state index < -0.39 is 0 Å². The molecule has 96 valence electrons. The molecule has 0 aliphatic heterocycles. The monoisotopic (exact) mass is 243 g/mol. The summed E-state index contributed by atoms with van der Waals surface area (Å²) in [7, 11) is 2.19. The normalized spacial score (nSPS) is 21.6. The summed E-state index contributed by atoms with van der Waals surface area (Å²) < 4.78 is 0. The fraction of sp³-hybridized carbons (Fsp3) is 0.500. The van der Waals surface area contributed by atoms with E-state index >= 15 is 0 Å². The molecule has 18 heavy (non-hydrogen) atoms. The highest BCUT2D eigenvalue weighted by Gasteiger charge is 2.32. The smallest absolute Gasteiger partial charge is 0.104 e. The van der Waals surface area contributed by atoms with Crippen LogP contribution in [0.15, 0.2) is 24.3 Å². The second-order valence-electron chi connectivity index (χ2n) is 5.33. The summed E-state index contributed by atoms with van der Waals surface area (Å²) >= 11 is 0. The lowest BCUT2D eigenvalue weighted by atomic mass is 10.1. The van der Waals surface area contributed by atoms with Crippen molar-refractivity contribution in [2.75, 3.05) is 20.2 Å². The molecular formula is C16H21NO. The third kappa shape index (κ3) is 3.87. The first-order chi connectivity index (χ1) is 8.69. The molecule has 0 aromatic heterocycles. The average Bonchev–Trinajstić information content (AvgIpc) is 3.04. The van der Waals surface area contributed by atoms with Crippen molar-refractivity contribution in [2.24, 2.45) is 11.8 Å². The molecule has 1 aromatic carbocycles. The number of nitrogens with zero attached hydrogens (tertiary/aromatic N) is 1. The molecule has 0 radical (unpaired) electrons. The van der Waals surface area contributed by atoms with Crippen LogP contribution in [-0.4, -0.2) is 30.2 Å². The third-order valence-electron chi connectivity index (χ3n) is 3.54. The maximum Gasteiger partial charge on any atom is 0.104 e. The van der Waals surface area contributed by atoms with Crippen LogP contribution in [-0.2, 0) is 6.54 Å². The van der Waals surface area contributed by atoms with Crippen molar-refractivity contribution in [3.05, 3.63) is 35.4 Å². The maximum atomic E-state index is 8.63. The van der Waals surface area contributed by atoms with Gasteiger partial charge in [0.2, 0.25) is 0 Å². The summed E-state index contributed by atoms with van der Waals surface area (Å²) in [5, 5.41) is 8.63. The van der Waals surface area contributed by atoms with Crippen molar-refractivity contribution < 1.29 is 5.11 Å². The molecule has 2 heteroatoms. The second kappa shape index (κ2) is 6.04. The van der Waals surface area contributed by atoms with E-state index in [1.54, 1.807) is 0 Å². The molecule has 1 N–H and O–H groups in total. The van der Waals surface area contributed by atoms with Crippen molar-refractivity contribution in [1.82, 2.24) is 4.90 Å². The van der Waals surface area contributed by atoms with Gasteiger partial charge in [-0.3, -0.25) is 0 Å². The molecule has 2 nitrogen and oxygen atoms in total. The summed E-state index contributed by atoms with van der Waals surface area (Å²) in [6.07, 6.45) is 1.39. The van der Waals surface area contributed by atoms with Gasteiger partial charge in [-0.1, -0.05) is 30.9 Å². The van der Waals surface area contributed by atoms with Crippen molar-refractivity contribution in [2.45, 2.75) is 19.9 Å². The Morgan fingerprint density at radius 1 is 1.33 bits per heavy atom. The van der Waals surface area contributed by atoms with Gasteiger partial charge in [-0.2, -0.15) is 0 Å². The predicted molar refractivity (Wildman–Crippen MR) is 74.0 cm³/mol. The number of hydrogen-bond donors (Lipinski definition) is 1. The van der Waals surface area contributed by atoms with Gasteiger partial charge in [0, 0.05) is 18.7 Å². The molecular weight excluding hydrogens is 222 g/mol. The molecule has 1 aliphatic carbocycles. The van der Waals surface area contributed by atoms with Crippen molar-refractivity contribution in [3.8, 4) is 11.8 Å². The lowest BCUT2D eigenvalue weighted by Gasteiger charge is -2.16. The van der Waals surface area contributed by atoms with Gasteiger partial charge in [0.1, 0.15) is 6.61 Å². The lowest BCUT2D eigenvalue weighted by Crippen LogP contribution is -2.20. The van der Waals surface area contributed by atoms with Crippen LogP contribution in [0.3, 0.4) is 0 Å². The first kappa shape index (κ1) is 13.1. The summed E-state index contributed by atoms with van der Waals surface area (Å²) in [4.78, 5) is 2.39. The van der Waals surface area contributed by atoms with Gasteiger partial charge in [0.15, 0.2) is 0 Å². The molecule has 0 spiro atoms. The Morgan fingerprint density at radius 3 is 2.56 bits per heavy atom. The van der Waals surface area contributed by atoms with Crippen molar-refractivity contribution in [3.63, 3.8) is 0 Å². The molecule has 2 rings (SSSR count). The van der Waals surface area contributed by atoms with Gasteiger partial charge < -0.3 is 10.0 Å². The first-order valence-corrected chi connectivity index (χ1v) is 6.56. The molecule has 0 saturated heterocycles. The zero-order chi connectivity index (χ0) is 13.0. The number of rotatable bonds is 4. The van der Waals surface area contributed by atoms with Crippen LogP contribution >= 0.6 is 0 Å². The fourth-order valence-electron chi connectivity index (χ4n) is 2.27. The molecule has 0 bridgehead atoms. The van der Waals surface area contributed by atoms with Crippen LogP contribution in [0, 0.1) is 23.7 Å². The Bertz CT molecular complexity index is 440. The number of aliphatic hydroxyl groups is 1. The first-order valence-electron chi connectivity index (χ1n) is 6.56. The van der Waals surface area contributed by atoms with Crippen LogP contribution in [0.5, 0.6) is 0 Å². The highest BCUT2D eigenvalue weighted by atomic mass is 16.2. The van der Waals surface area contributed by atoms with Gasteiger partial charge in [-0.15, -0.1) is 0 Å². The molecule has 0 amide bonds. The fourth-order valence-corrected chi connectivity index (χ4v) is 2.27. The molecule has 0 heterocycles. The Morgan fingerprint density at radius 2 is 2.00 bits per heavy atom. The zero-order valence-corrected chi connectivity index (χ0v) is 11.2. The van der Waals surface area contributed by atoms with E-state index in [9.17, 15) is 0 Å². The third-order valence-corrected chi connectivity index (χ3v) is 3.54. The summed E-state index contributed by atoms with van der Waals surface area (Å²) in [5.41, 5.74) is 2.28. The van der Waals surface area contributed by atoms with Gasteiger partial charge in [0.05, 0.1) is 0 Å². The summed E-state index contributed by atoms with van der Waals surface area (Å²) in [6.45, 7) is 4.45. The minimum Gasteiger partial charge on any atom is -0.384 e. The maximum absolute atomic E-state index is 8.63. The Hall–Kier alpha value is -1.30. The zero-order valence-electron chi connectivity index (χ0n) is 11.2. The van der Waals surface area contributed by atoms with E-state index in [0.717, 1.165) is 23.9 Å². The Balaban J connectivity index is 1.85. The second-order valence-corrected chi connectivity index (χ2v) is 5.33. The Labute approximate surface area is 110 Å². The topological polar surface area (TPSA) is 23.5 Å². The van der Waals surface area contributed by atoms with Crippen LogP contribution in [0.2, 0.25) is 0 Å². The van der Waals surface area contributed by atoms with Crippen LogP contribution in [0.1, 0.15) is 24.5 Å². The van der Waals surface area contributed by atoms with E-state index in [4.69, 9.17) is 5.11 Å². The number of benzene rings is 1. The van der Waals surface area contributed by atoms with Crippen LogP contribution < -0.4 is 0 Å². The van der Waals surface area contributed by atoms with E-state index in [1.807, 2.05) is 12.1 Å². The number of hydrogen-bond acceptors (Lipinski definition) is 2. The van der Waals surface area contributed by atoms with Gasteiger partial charge >= 0.3 is 0 Å². The average molecular weight is 243 g/mol. The highest BCUT2D eigenvalue weighted by molar-refractivity contribution is 5.36. The predicted octanol–water partition coefficient (Wildman–Crippen LogP) is 2.12. The quantitative estimate of drug-likeness (QED) is 0.819. The molecule has 1 aromatic rings. The van der Waals surface area contributed by atoms with Gasteiger partial charge in [-0.05, 0) is 43.0 Å². The minimum absolute atomic E-state index is 0.0793. The van der Waals surface area contributed by atoms with E-state index in [0.29, 0.717) is 0 Å². The molecule has 1 saturated carbocycles. The highest BCUT2D eigenvalue weighted by Crippen LogP contribution is 2.38. The summed E-state index contributed by atoms with van der Waals surface area (Å²) in [5.74, 6) is 7.40. The van der Waals surface area contributed by atoms with E-state index in [-0.39, 0.29) is 6.61 Å². The van der Waals surface area contributed by atoms with Crippen molar-refractivity contribution >= 4 is 0 Å². The largest absolute Gasteiger partial charge is 0.384 e. The lowest BCUT2D eigenvalue weighted by molar-refractivity contribution is 0.307.